The summed E-state index contributed by atoms with van der Waals surface area (Å²) in [6, 6.07) is 3.22. The molecule has 0 aliphatic heterocycles. The highest BCUT2D eigenvalue weighted by atomic mass is 32.2. The third-order valence-corrected chi connectivity index (χ3v) is 4.95. The van der Waals surface area contributed by atoms with Crippen LogP contribution in [0, 0.1) is 11.8 Å². The lowest BCUT2D eigenvalue weighted by Gasteiger charge is -2.12. The van der Waals surface area contributed by atoms with Gasteiger partial charge in [0, 0.05) is 6.54 Å². The largest absolute Gasteiger partial charge is 0.507 e. The van der Waals surface area contributed by atoms with E-state index in [0.29, 0.717) is 12.5 Å². The fourth-order valence-electron chi connectivity index (χ4n) is 2.01. The minimum Gasteiger partial charge on any atom is -0.507 e. The number of carboxylic acid groups (broad SMARTS) is 1. The van der Waals surface area contributed by atoms with Gasteiger partial charge in [0.25, 0.3) is 0 Å². The molecule has 0 amide bonds. The number of hydrogen-bond donors (Lipinski definition) is 3. The van der Waals surface area contributed by atoms with E-state index in [1.165, 1.54) is 6.07 Å². The van der Waals surface area contributed by atoms with Gasteiger partial charge in [0.2, 0.25) is 10.0 Å². The van der Waals surface area contributed by atoms with Crippen LogP contribution in [-0.4, -0.2) is 31.1 Å². The van der Waals surface area contributed by atoms with Crippen molar-refractivity contribution in [3.63, 3.8) is 0 Å². The van der Waals surface area contributed by atoms with Crippen LogP contribution >= 0.6 is 0 Å². The summed E-state index contributed by atoms with van der Waals surface area (Å²) < 4.78 is 26.6. The van der Waals surface area contributed by atoms with Crippen molar-refractivity contribution in [2.75, 3.05) is 6.54 Å². The Morgan fingerprint density at radius 1 is 1.45 bits per heavy atom. The first-order valence-electron chi connectivity index (χ1n) is 6.37. The summed E-state index contributed by atoms with van der Waals surface area (Å²) >= 11 is 0. The van der Waals surface area contributed by atoms with Crippen molar-refractivity contribution in [1.29, 1.82) is 0 Å². The summed E-state index contributed by atoms with van der Waals surface area (Å²) in [5, 5.41) is 18.3. The highest BCUT2D eigenvalue weighted by molar-refractivity contribution is 7.89. The maximum absolute atomic E-state index is 12.1. The van der Waals surface area contributed by atoms with Crippen LogP contribution in [0.25, 0.3) is 0 Å². The average Bonchev–Trinajstić information content (AvgIpc) is 3.20. The minimum atomic E-state index is -3.76. The predicted octanol–water partition coefficient (Wildman–Crippen LogP) is 1.41. The Morgan fingerprint density at radius 3 is 2.65 bits per heavy atom. The summed E-state index contributed by atoms with van der Waals surface area (Å²) in [5.74, 6) is -0.985. The first kappa shape index (κ1) is 14.8. The second-order valence-corrected chi connectivity index (χ2v) is 6.92. The predicted molar refractivity (Wildman–Crippen MR) is 72.1 cm³/mol. The number of carbonyl (C=O) groups is 1. The molecular formula is C13H17NO5S. The van der Waals surface area contributed by atoms with Gasteiger partial charge >= 0.3 is 5.97 Å². The number of aromatic hydroxyl groups is 1. The second kappa shape index (κ2) is 5.41. The van der Waals surface area contributed by atoms with E-state index in [-0.39, 0.29) is 10.8 Å². The van der Waals surface area contributed by atoms with E-state index in [2.05, 4.69) is 4.72 Å². The monoisotopic (exact) mass is 299 g/mol. The molecule has 0 heterocycles. The van der Waals surface area contributed by atoms with Crippen molar-refractivity contribution in [2.24, 2.45) is 11.8 Å². The molecule has 0 spiro atoms. The fraction of sp³-hybridized carbons (Fsp3) is 0.462. The van der Waals surface area contributed by atoms with Crippen molar-refractivity contribution >= 4 is 16.0 Å². The number of phenols is 1. The highest BCUT2D eigenvalue weighted by Crippen LogP contribution is 2.36. The Balaban J connectivity index is 2.16. The lowest BCUT2D eigenvalue weighted by atomic mass is 10.1. The van der Waals surface area contributed by atoms with Gasteiger partial charge in [-0.2, -0.15) is 0 Å². The van der Waals surface area contributed by atoms with Crippen LogP contribution < -0.4 is 4.72 Å². The Bertz CT molecular complexity index is 622. The summed E-state index contributed by atoms with van der Waals surface area (Å²) in [6.45, 7) is 2.32. The molecule has 0 aromatic heterocycles. The number of carboxylic acids is 1. The maximum atomic E-state index is 12.1. The van der Waals surface area contributed by atoms with Crippen LogP contribution in [-0.2, 0) is 10.0 Å². The van der Waals surface area contributed by atoms with Gasteiger partial charge in [-0.05, 0) is 42.9 Å². The zero-order chi connectivity index (χ0) is 14.9. The standard InChI is InChI=1S/C13H17NO5S/c1-8(9-2-3-9)7-14-20(18,19)10-4-5-12(15)11(6-10)13(16)17/h4-6,8-9,14-15H,2-3,7H2,1H3,(H,16,17). The van der Waals surface area contributed by atoms with Gasteiger partial charge in [0.1, 0.15) is 11.3 Å². The quantitative estimate of drug-likeness (QED) is 0.737. The van der Waals surface area contributed by atoms with Crippen LogP contribution in [0.2, 0.25) is 0 Å². The summed E-state index contributed by atoms with van der Waals surface area (Å²) in [4.78, 5) is 10.7. The van der Waals surface area contributed by atoms with Gasteiger partial charge in [0.15, 0.2) is 0 Å². The second-order valence-electron chi connectivity index (χ2n) is 5.15. The molecule has 0 saturated heterocycles. The molecule has 20 heavy (non-hydrogen) atoms. The molecule has 2 rings (SSSR count). The van der Waals surface area contributed by atoms with Crippen LogP contribution in [0.1, 0.15) is 30.1 Å². The van der Waals surface area contributed by atoms with E-state index in [1.54, 1.807) is 0 Å². The highest BCUT2D eigenvalue weighted by Gasteiger charge is 2.29. The number of sulfonamides is 1. The van der Waals surface area contributed by atoms with Gasteiger partial charge < -0.3 is 10.2 Å². The Labute approximate surface area is 117 Å². The molecule has 0 bridgehead atoms. The molecule has 1 aliphatic rings. The molecule has 6 nitrogen and oxygen atoms in total. The van der Waals surface area contributed by atoms with Gasteiger partial charge in [-0.15, -0.1) is 0 Å². The Morgan fingerprint density at radius 2 is 2.10 bits per heavy atom. The topological polar surface area (TPSA) is 104 Å². The third kappa shape index (κ3) is 3.29. The molecule has 7 heteroatoms. The molecule has 3 N–H and O–H groups in total. The Kier molecular flexibility index (Phi) is 4.01. The fourth-order valence-corrected chi connectivity index (χ4v) is 3.18. The minimum absolute atomic E-state index is 0.157. The zero-order valence-electron chi connectivity index (χ0n) is 11.0. The van der Waals surface area contributed by atoms with Crippen LogP contribution in [0.3, 0.4) is 0 Å². The smallest absolute Gasteiger partial charge is 0.339 e. The van der Waals surface area contributed by atoms with Gasteiger partial charge in [-0.3, -0.25) is 0 Å². The number of nitrogens with one attached hydrogen (secondary N) is 1. The number of benzene rings is 1. The van der Waals surface area contributed by atoms with Crippen molar-refractivity contribution in [3.05, 3.63) is 23.8 Å². The van der Waals surface area contributed by atoms with Crippen molar-refractivity contribution < 1.29 is 23.4 Å². The van der Waals surface area contributed by atoms with E-state index in [4.69, 9.17) is 5.11 Å². The molecule has 1 fully saturated rings. The molecule has 110 valence electrons. The molecule has 1 aromatic rings. The molecule has 1 aliphatic carbocycles. The zero-order valence-corrected chi connectivity index (χ0v) is 11.9. The normalized spacial score (nSPS) is 16.9. The lowest BCUT2D eigenvalue weighted by Crippen LogP contribution is -2.29. The number of rotatable bonds is 6. The van der Waals surface area contributed by atoms with Crippen LogP contribution in [0.4, 0.5) is 0 Å². The number of hydrogen-bond acceptors (Lipinski definition) is 4. The molecule has 1 aromatic carbocycles. The third-order valence-electron chi connectivity index (χ3n) is 3.53. The van der Waals surface area contributed by atoms with E-state index in [0.717, 1.165) is 25.0 Å². The average molecular weight is 299 g/mol. The van der Waals surface area contributed by atoms with Gasteiger partial charge in [0.05, 0.1) is 4.90 Å². The molecule has 1 unspecified atom stereocenters. The van der Waals surface area contributed by atoms with Crippen molar-refractivity contribution in [2.45, 2.75) is 24.7 Å². The molecule has 0 radical (unpaired) electrons. The molecular weight excluding hydrogens is 282 g/mol. The first-order valence-corrected chi connectivity index (χ1v) is 7.85. The van der Waals surface area contributed by atoms with E-state index >= 15 is 0 Å². The van der Waals surface area contributed by atoms with Gasteiger partial charge in [-0.1, -0.05) is 6.92 Å². The van der Waals surface area contributed by atoms with E-state index in [9.17, 15) is 18.3 Å². The SMILES string of the molecule is CC(CNS(=O)(=O)c1ccc(O)c(C(=O)O)c1)C1CC1. The molecule has 1 saturated carbocycles. The van der Waals surface area contributed by atoms with Crippen molar-refractivity contribution in [1.82, 2.24) is 4.72 Å². The molecule has 1 atom stereocenters. The van der Waals surface area contributed by atoms with Crippen molar-refractivity contribution in [3.8, 4) is 5.75 Å². The van der Waals surface area contributed by atoms with Crippen LogP contribution in [0.15, 0.2) is 23.1 Å². The summed E-state index contributed by atoms with van der Waals surface area (Å²) in [5.41, 5.74) is -0.428. The lowest BCUT2D eigenvalue weighted by molar-refractivity contribution is 0.0693. The van der Waals surface area contributed by atoms with E-state index < -0.39 is 27.3 Å². The van der Waals surface area contributed by atoms with Crippen LogP contribution in [0.5, 0.6) is 5.75 Å². The van der Waals surface area contributed by atoms with Gasteiger partial charge in [-0.25, -0.2) is 17.9 Å². The maximum Gasteiger partial charge on any atom is 0.339 e. The first-order chi connectivity index (χ1) is 9.31. The van der Waals surface area contributed by atoms with E-state index in [1.807, 2.05) is 6.92 Å². The summed E-state index contributed by atoms with van der Waals surface area (Å²) in [7, 11) is -3.76. The summed E-state index contributed by atoms with van der Waals surface area (Å²) in [6.07, 6.45) is 2.26. The Hall–Kier alpha value is -1.60. The number of aromatic carboxylic acids is 1.